The summed E-state index contributed by atoms with van der Waals surface area (Å²) in [5, 5.41) is 1.15. The predicted octanol–water partition coefficient (Wildman–Crippen LogP) is 3.80. The minimum absolute atomic E-state index is 0.393. The molecule has 4 heteroatoms. The van der Waals surface area contributed by atoms with Gasteiger partial charge in [0.2, 0.25) is 0 Å². The largest absolute Gasteiger partial charge is 0.496 e. The van der Waals surface area contributed by atoms with Gasteiger partial charge >= 0.3 is 0 Å². The molecule has 0 bridgehead atoms. The second-order valence-corrected chi connectivity index (χ2v) is 6.14. The van der Waals surface area contributed by atoms with Crippen LogP contribution in [-0.4, -0.2) is 31.0 Å². The molecule has 0 aromatic heterocycles. The van der Waals surface area contributed by atoms with Gasteiger partial charge in [0.05, 0.1) is 7.11 Å². The average Bonchev–Trinajstić information content (AvgIpc) is 2.27. The summed E-state index contributed by atoms with van der Waals surface area (Å²) in [4.78, 5) is 2.31. The normalized spacial score (nSPS) is 22.9. The lowest BCUT2D eigenvalue weighted by Crippen LogP contribution is -2.34. The van der Waals surface area contributed by atoms with Gasteiger partial charge in [0.15, 0.2) is 0 Å². The van der Waals surface area contributed by atoms with E-state index in [1.54, 1.807) is 7.11 Å². The summed E-state index contributed by atoms with van der Waals surface area (Å²) >= 11 is 12.0. The van der Waals surface area contributed by atoms with Crippen LogP contribution in [0.4, 0.5) is 0 Å². The Morgan fingerprint density at radius 3 is 2.72 bits per heavy atom. The third-order valence-electron chi connectivity index (χ3n) is 3.43. The zero-order valence-electron chi connectivity index (χ0n) is 10.8. The summed E-state index contributed by atoms with van der Waals surface area (Å²) in [6.07, 6.45) is 2.27. The number of nitrogens with zero attached hydrogens (tertiary/aromatic N) is 1. The van der Waals surface area contributed by atoms with E-state index in [0.29, 0.717) is 5.38 Å². The van der Waals surface area contributed by atoms with Crippen LogP contribution in [0.5, 0.6) is 5.75 Å². The van der Waals surface area contributed by atoms with Crippen LogP contribution in [-0.2, 0) is 6.54 Å². The molecule has 0 heterocycles. The second-order valence-electron chi connectivity index (χ2n) is 5.09. The molecular formula is C14H19Cl2NO. The van der Waals surface area contributed by atoms with Gasteiger partial charge in [-0.05, 0) is 44.0 Å². The van der Waals surface area contributed by atoms with Gasteiger partial charge in [-0.3, -0.25) is 0 Å². The molecule has 1 aromatic carbocycles. The molecule has 0 atom stereocenters. The maximum atomic E-state index is 6.03. The van der Waals surface area contributed by atoms with Crippen molar-refractivity contribution in [3.63, 3.8) is 0 Å². The molecule has 100 valence electrons. The first-order valence-electron chi connectivity index (χ1n) is 6.23. The van der Waals surface area contributed by atoms with Gasteiger partial charge in [-0.2, -0.15) is 0 Å². The number of ether oxygens (including phenoxy) is 1. The maximum Gasteiger partial charge on any atom is 0.123 e. The summed E-state index contributed by atoms with van der Waals surface area (Å²) < 4.78 is 5.36. The van der Waals surface area contributed by atoms with Gasteiger partial charge in [-0.15, -0.1) is 11.6 Å². The fourth-order valence-electron chi connectivity index (χ4n) is 2.47. The summed E-state index contributed by atoms with van der Waals surface area (Å²) in [6.45, 7) is 1.94. The van der Waals surface area contributed by atoms with Gasteiger partial charge < -0.3 is 9.64 Å². The maximum absolute atomic E-state index is 6.03. The molecule has 2 nitrogen and oxygen atoms in total. The van der Waals surface area contributed by atoms with Gasteiger partial charge in [0.1, 0.15) is 5.75 Å². The van der Waals surface area contributed by atoms with Crippen LogP contribution in [0.3, 0.4) is 0 Å². The van der Waals surface area contributed by atoms with Crippen LogP contribution in [0.25, 0.3) is 0 Å². The number of methoxy groups -OCH3 is 1. The number of rotatable bonds is 5. The Morgan fingerprint density at radius 2 is 2.11 bits per heavy atom. The summed E-state index contributed by atoms with van der Waals surface area (Å²) in [5.41, 5.74) is 1.13. The van der Waals surface area contributed by atoms with Crippen LogP contribution in [0.2, 0.25) is 5.02 Å². The van der Waals surface area contributed by atoms with Crippen molar-refractivity contribution < 1.29 is 4.74 Å². The number of alkyl halides is 1. The van der Waals surface area contributed by atoms with Gasteiger partial charge in [-0.25, -0.2) is 0 Å². The third-order valence-corrected chi connectivity index (χ3v) is 4.02. The molecule has 0 spiro atoms. The molecule has 1 aromatic rings. The third kappa shape index (κ3) is 3.53. The van der Waals surface area contributed by atoms with Crippen molar-refractivity contribution in [2.75, 3.05) is 20.7 Å². The first kappa shape index (κ1) is 14.0. The number of hydrogen-bond donors (Lipinski definition) is 0. The van der Waals surface area contributed by atoms with E-state index in [4.69, 9.17) is 27.9 Å². The van der Waals surface area contributed by atoms with Crippen LogP contribution >= 0.6 is 23.2 Å². The van der Waals surface area contributed by atoms with Crippen molar-refractivity contribution >= 4 is 23.2 Å². The highest BCUT2D eigenvalue weighted by atomic mass is 35.5. The Kier molecular flexibility index (Phi) is 4.77. The Hall–Kier alpha value is -0.440. The predicted molar refractivity (Wildman–Crippen MR) is 76.7 cm³/mol. The lowest BCUT2D eigenvalue weighted by molar-refractivity contribution is 0.202. The van der Waals surface area contributed by atoms with E-state index < -0.39 is 0 Å². The average molecular weight is 288 g/mol. The van der Waals surface area contributed by atoms with Crippen molar-refractivity contribution in [2.45, 2.75) is 24.8 Å². The molecule has 0 unspecified atom stereocenters. The van der Waals surface area contributed by atoms with E-state index in [1.165, 1.54) is 0 Å². The van der Waals surface area contributed by atoms with E-state index in [9.17, 15) is 0 Å². The summed E-state index contributed by atoms with van der Waals surface area (Å²) in [6, 6.07) is 5.75. The van der Waals surface area contributed by atoms with Crippen molar-refractivity contribution in [1.29, 1.82) is 0 Å². The quantitative estimate of drug-likeness (QED) is 0.764. The Bertz CT molecular complexity index is 405. The molecule has 18 heavy (non-hydrogen) atoms. The SMILES string of the molecule is COc1ccc(Cl)cc1CN(C)CC1CC(Cl)C1. The van der Waals surface area contributed by atoms with Crippen molar-refractivity contribution in [1.82, 2.24) is 4.90 Å². The molecule has 0 saturated heterocycles. The topological polar surface area (TPSA) is 12.5 Å². The highest BCUT2D eigenvalue weighted by Gasteiger charge is 2.28. The van der Waals surface area contributed by atoms with Crippen LogP contribution in [0.15, 0.2) is 18.2 Å². The van der Waals surface area contributed by atoms with Crippen molar-refractivity contribution in [3.8, 4) is 5.75 Å². The molecular weight excluding hydrogens is 269 g/mol. The fraction of sp³-hybridized carbons (Fsp3) is 0.571. The zero-order valence-corrected chi connectivity index (χ0v) is 12.3. The molecule has 0 aliphatic heterocycles. The first-order valence-corrected chi connectivity index (χ1v) is 7.05. The molecule has 1 saturated carbocycles. The highest BCUT2D eigenvalue weighted by Crippen LogP contribution is 2.33. The zero-order chi connectivity index (χ0) is 13.1. The molecule has 1 aliphatic carbocycles. The van der Waals surface area contributed by atoms with Crippen LogP contribution < -0.4 is 4.74 Å². The monoisotopic (exact) mass is 287 g/mol. The Balaban J connectivity index is 1.93. The van der Waals surface area contributed by atoms with Crippen LogP contribution in [0, 0.1) is 5.92 Å². The highest BCUT2D eigenvalue weighted by molar-refractivity contribution is 6.30. The first-order chi connectivity index (χ1) is 8.58. The van der Waals surface area contributed by atoms with E-state index in [2.05, 4.69) is 11.9 Å². The van der Waals surface area contributed by atoms with Gasteiger partial charge in [-0.1, -0.05) is 11.6 Å². The van der Waals surface area contributed by atoms with Crippen molar-refractivity contribution in [2.24, 2.45) is 5.92 Å². The van der Waals surface area contributed by atoms with Gasteiger partial charge in [0, 0.05) is 29.1 Å². The molecule has 0 radical (unpaired) electrons. The molecule has 1 fully saturated rings. The van der Waals surface area contributed by atoms with E-state index in [0.717, 1.165) is 48.2 Å². The second kappa shape index (κ2) is 6.14. The molecule has 1 aliphatic rings. The van der Waals surface area contributed by atoms with Crippen molar-refractivity contribution in [3.05, 3.63) is 28.8 Å². The minimum Gasteiger partial charge on any atom is -0.496 e. The number of hydrogen-bond acceptors (Lipinski definition) is 2. The molecule has 0 amide bonds. The minimum atomic E-state index is 0.393. The Labute approximate surface area is 119 Å². The molecule has 0 N–H and O–H groups in total. The van der Waals surface area contributed by atoms with E-state index in [1.807, 2.05) is 18.2 Å². The lowest BCUT2D eigenvalue weighted by Gasteiger charge is -2.34. The number of halogens is 2. The molecule has 2 rings (SSSR count). The van der Waals surface area contributed by atoms with Gasteiger partial charge in [0.25, 0.3) is 0 Å². The standard InChI is InChI=1S/C14H19Cl2NO/c1-17(8-10-5-13(16)6-10)9-11-7-12(15)3-4-14(11)18-2/h3-4,7,10,13H,5-6,8-9H2,1-2H3. The fourth-order valence-corrected chi connectivity index (χ4v) is 3.17. The smallest absolute Gasteiger partial charge is 0.123 e. The number of benzene rings is 1. The van der Waals surface area contributed by atoms with E-state index in [-0.39, 0.29) is 0 Å². The lowest BCUT2D eigenvalue weighted by atomic mass is 9.84. The van der Waals surface area contributed by atoms with Crippen LogP contribution in [0.1, 0.15) is 18.4 Å². The van der Waals surface area contributed by atoms with E-state index >= 15 is 0 Å². The Morgan fingerprint density at radius 1 is 1.39 bits per heavy atom. The summed E-state index contributed by atoms with van der Waals surface area (Å²) in [5.74, 6) is 1.64. The summed E-state index contributed by atoms with van der Waals surface area (Å²) in [7, 11) is 3.82.